The summed E-state index contributed by atoms with van der Waals surface area (Å²) in [4.78, 5) is 8.87. The van der Waals surface area contributed by atoms with E-state index >= 15 is 0 Å². The molecule has 0 saturated carbocycles. The Morgan fingerprint density at radius 3 is 1.17 bits per heavy atom. The van der Waals surface area contributed by atoms with Crippen LogP contribution in [0.5, 0.6) is 0 Å². The molecule has 1 aromatic heterocycles. The SMILES string of the molecule is c1ccc2cc(-c3nc(-c4cc5cccccc-5c4)c(-c4cc5cccccc-5c4)[nH]3)cc-2cc1. The molecule has 164 valence electrons. The van der Waals surface area contributed by atoms with Crippen LogP contribution in [0.4, 0.5) is 0 Å². The first kappa shape index (κ1) is 19.7. The highest BCUT2D eigenvalue weighted by atomic mass is 14.9. The van der Waals surface area contributed by atoms with E-state index in [1.165, 1.54) is 33.4 Å². The quantitative estimate of drug-likeness (QED) is 0.289. The molecule has 6 aliphatic carbocycles. The van der Waals surface area contributed by atoms with Crippen molar-refractivity contribution in [1.29, 1.82) is 0 Å². The van der Waals surface area contributed by atoms with Gasteiger partial charge >= 0.3 is 0 Å². The van der Waals surface area contributed by atoms with Gasteiger partial charge in [-0.15, -0.1) is 0 Å². The van der Waals surface area contributed by atoms with Crippen LogP contribution in [0.25, 0.3) is 67.3 Å². The third-order valence-electron chi connectivity index (χ3n) is 6.73. The van der Waals surface area contributed by atoms with Crippen LogP contribution < -0.4 is 0 Å². The van der Waals surface area contributed by atoms with Crippen molar-refractivity contribution in [1.82, 2.24) is 9.97 Å². The van der Waals surface area contributed by atoms with Crippen LogP contribution in [-0.4, -0.2) is 9.97 Å². The van der Waals surface area contributed by atoms with E-state index in [1.807, 2.05) is 0 Å². The molecule has 1 heterocycles. The standard InChI is InChI=1S/C33H22N2/c1-4-10-22-16-28(17-23(22)11-5-1)31-32(29-18-24-12-6-2-7-13-25(24)19-29)35-33(34-31)30-20-26-14-8-3-9-15-27(26)21-30/h1-21H,(H,34,35). The number of aromatic amines is 1. The Labute approximate surface area is 204 Å². The Morgan fingerprint density at radius 2 is 0.743 bits per heavy atom. The molecule has 7 rings (SSSR count). The van der Waals surface area contributed by atoms with Gasteiger partial charge < -0.3 is 4.98 Å². The fraction of sp³-hybridized carbons (Fsp3) is 0. The summed E-state index contributed by atoms with van der Waals surface area (Å²) >= 11 is 0. The van der Waals surface area contributed by atoms with Crippen LogP contribution in [0.1, 0.15) is 0 Å². The van der Waals surface area contributed by atoms with E-state index in [4.69, 9.17) is 4.98 Å². The zero-order chi connectivity index (χ0) is 23.2. The second-order valence-corrected chi connectivity index (χ2v) is 9.01. The number of hydrogen-bond donors (Lipinski definition) is 1. The maximum absolute atomic E-state index is 5.18. The summed E-state index contributed by atoms with van der Waals surface area (Å²) in [6, 6.07) is 45.0. The fourth-order valence-corrected chi connectivity index (χ4v) is 4.99. The third-order valence-corrected chi connectivity index (χ3v) is 6.73. The van der Waals surface area contributed by atoms with Gasteiger partial charge in [0.25, 0.3) is 0 Å². The molecule has 0 saturated heterocycles. The molecule has 0 bridgehead atoms. The number of aromatic nitrogens is 2. The molecule has 0 spiro atoms. The van der Waals surface area contributed by atoms with Gasteiger partial charge in [0.15, 0.2) is 0 Å². The van der Waals surface area contributed by atoms with Gasteiger partial charge in [0, 0.05) is 16.7 Å². The van der Waals surface area contributed by atoms with Crippen molar-refractivity contribution in [3.05, 3.63) is 127 Å². The van der Waals surface area contributed by atoms with Gasteiger partial charge in [0.05, 0.1) is 11.4 Å². The molecule has 6 aliphatic rings. The normalized spacial score (nSPS) is 11.4. The Balaban J connectivity index is 1.45. The Hall–Kier alpha value is -4.69. The molecule has 0 amide bonds. The van der Waals surface area contributed by atoms with Crippen LogP contribution in [0.15, 0.2) is 127 Å². The highest BCUT2D eigenvalue weighted by Crippen LogP contribution is 2.41. The zero-order valence-corrected chi connectivity index (χ0v) is 19.1. The Bertz CT molecular complexity index is 1520. The van der Waals surface area contributed by atoms with Gasteiger partial charge in [0.2, 0.25) is 0 Å². The average Bonchev–Trinajstić information content (AvgIpc) is 3.57. The first-order valence-corrected chi connectivity index (χ1v) is 11.9. The first-order valence-electron chi connectivity index (χ1n) is 11.9. The van der Waals surface area contributed by atoms with Crippen LogP contribution >= 0.6 is 0 Å². The number of hydrogen-bond acceptors (Lipinski definition) is 1. The van der Waals surface area contributed by atoms with Crippen molar-refractivity contribution < 1.29 is 0 Å². The number of fused-ring (bicyclic) bond motifs is 3. The molecule has 0 unspecified atom stereocenters. The molecule has 0 atom stereocenters. The van der Waals surface area contributed by atoms with E-state index in [0.29, 0.717) is 0 Å². The van der Waals surface area contributed by atoms with Crippen molar-refractivity contribution in [2.45, 2.75) is 0 Å². The molecule has 0 radical (unpaired) electrons. The average molecular weight is 447 g/mol. The Morgan fingerprint density at radius 1 is 0.371 bits per heavy atom. The fourth-order valence-electron chi connectivity index (χ4n) is 4.99. The minimum absolute atomic E-state index is 0.889. The van der Waals surface area contributed by atoms with Crippen LogP contribution in [0, 0.1) is 0 Å². The van der Waals surface area contributed by atoms with E-state index in [-0.39, 0.29) is 0 Å². The van der Waals surface area contributed by atoms with Crippen molar-refractivity contribution in [3.63, 3.8) is 0 Å². The monoisotopic (exact) mass is 446 g/mol. The molecule has 35 heavy (non-hydrogen) atoms. The van der Waals surface area contributed by atoms with Gasteiger partial charge in [-0.2, -0.15) is 0 Å². The lowest BCUT2D eigenvalue weighted by Gasteiger charge is -1.98. The highest BCUT2D eigenvalue weighted by molar-refractivity contribution is 5.90. The van der Waals surface area contributed by atoms with Gasteiger partial charge in [0.1, 0.15) is 5.82 Å². The van der Waals surface area contributed by atoms with Gasteiger partial charge in [-0.1, -0.05) is 91.0 Å². The topological polar surface area (TPSA) is 28.7 Å². The molecule has 2 nitrogen and oxygen atoms in total. The van der Waals surface area contributed by atoms with Crippen LogP contribution in [0.3, 0.4) is 0 Å². The summed E-state index contributed by atoms with van der Waals surface area (Å²) in [7, 11) is 0. The lowest BCUT2D eigenvalue weighted by Crippen LogP contribution is -1.79. The highest BCUT2D eigenvalue weighted by Gasteiger charge is 2.20. The van der Waals surface area contributed by atoms with Crippen LogP contribution in [0.2, 0.25) is 0 Å². The number of nitrogens with one attached hydrogen (secondary N) is 1. The van der Waals surface area contributed by atoms with E-state index in [9.17, 15) is 0 Å². The molecule has 0 fully saturated rings. The third kappa shape index (κ3) is 3.48. The summed E-state index contributed by atoms with van der Waals surface area (Å²) < 4.78 is 0. The minimum atomic E-state index is 0.889. The molecule has 0 aliphatic heterocycles. The van der Waals surface area contributed by atoms with Crippen molar-refractivity contribution in [3.8, 4) is 67.3 Å². The number of imidazole rings is 1. The predicted molar refractivity (Wildman–Crippen MR) is 145 cm³/mol. The molecule has 1 N–H and O–H groups in total. The van der Waals surface area contributed by atoms with Crippen LogP contribution in [-0.2, 0) is 0 Å². The molecular weight excluding hydrogens is 424 g/mol. The summed E-state index contributed by atoms with van der Waals surface area (Å²) in [6.07, 6.45) is 0. The summed E-state index contributed by atoms with van der Waals surface area (Å²) in [5, 5.41) is 0. The molecule has 0 aromatic carbocycles. The maximum atomic E-state index is 5.18. The molecule has 2 heteroatoms. The number of nitrogens with zero attached hydrogens (tertiary/aromatic N) is 1. The second kappa shape index (κ2) is 7.96. The Kier molecular flexibility index (Phi) is 4.49. The van der Waals surface area contributed by atoms with E-state index in [0.717, 1.165) is 33.9 Å². The van der Waals surface area contributed by atoms with E-state index in [2.05, 4.69) is 132 Å². The predicted octanol–water partition coefficient (Wildman–Crippen LogP) is 8.73. The van der Waals surface area contributed by atoms with Crippen molar-refractivity contribution in [2.24, 2.45) is 0 Å². The summed E-state index contributed by atoms with van der Waals surface area (Å²) in [6.45, 7) is 0. The summed E-state index contributed by atoms with van der Waals surface area (Å²) in [5.41, 5.74) is 12.7. The minimum Gasteiger partial charge on any atom is -0.337 e. The van der Waals surface area contributed by atoms with Crippen molar-refractivity contribution in [2.75, 3.05) is 0 Å². The molecular formula is C33H22N2. The number of rotatable bonds is 3. The van der Waals surface area contributed by atoms with Gasteiger partial charge in [-0.3, -0.25) is 0 Å². The maximum Gasteiger partial charge on any atom is 0.138 e. The zero-order valence-electron chi connectivity index (χ0n) is 19.1. The summed E-state index contributed by atoms with van der Waals surface area (Å²) in [5.74, 6) is 0.889. The number of H-pyrrole nitrogens is 1. The molecule has 1 aromatic rings. The van der Waals surface area contributed by atoms with Crippen molar-refractivity contribution >= 4 is 0 Å². The van der Waals surface area contributed by atoms with Gasteiger partial charge in [-0.25, -0.2) is 4.98 Å². The second-order valence-electron chi connectivity index (χ2n) is 9.01. The lowest BCUT2D eigenvalue weighted by molar-refractivity contribution is 1.32. The lowest BCUT2D eigenvalue weighted by atomic mass is 10.1. The van der Waals surface area contributed by atoms with E-state index < -0.39 is 0 Å². The van der Waals surface area contributed by atoms with E-state index in [1.54, 1.807) is 0 Å². The smallest absolute Gasteiger partial charge is 0.138 e. The first-order chi connectivity index (χ1) is 17.3. The largest absolute Gasteiger partial charge is 0.337 e. The van der Waals surface area contributed by atoms with Gasteiger partial charge in [-0.05, 0) is 69.8 Å².